The van der Waals surface area contributed by atoms with E-state index in [-0.39, 0.29) is 5.91 Å². The summed E-state index contributed by atoms with van der Waals surface area (Å²) in [4.78, 5) is 21.2. The van der Waals surface area contributed by atoms with Crippen molar-refractivity contribution in [3.63, 3.8) is 0 Å². The van der Waals surface area contributed by atoms with E-state index in [1.165, 1.54) is 11.3 Å². The summed E-state index contributed by atoms with van der Waals surface area (Å²) < 4.78 is 0.963. The van der Waals surface area contributed by atoms with E-state index in [0.717, 1.165) is 26.7 Å². The minimum Gasteiger partial charge on any atom is -0.338 e. The summed E-state index contributed by atoms with van der Waals surface area (Å²) in [6.45, 7) is 0. The van der Waals surface area contributed by atoms with Gasteiger partial charge >= 0.3 is 0 Å². The van der Waals surface area contributed by atoms with Gasteiger partial charge in [0.05, 0.1) is 26.8 Å². The molecule has 0 fully saturated rings. The Bertz CT molecular complexity index is 1360. The van der Waals surface area contributed by atoms with Crippen molar-refractivity contribution >= 4 is 67.3 Å². The number of carbonyl (C=O) groups is 1. The van der Waals surface area contributed by atoms with Crippen LogP contribution in [-0.4, -0.2) is 15.9 Å². The van der Waals surface area contributed by atoms with Crippen molar-refractivity contribution in [3.8, 4) is 11.4 Å². The van der Waals surface area contributed by atoms with Gasteiger partial charge in [-0.15, -0.1) is 11.3 Å². The molecule has 0 bridgehead atoms. The van der Waals surface area contributed by atoms with Gasteiger partial charge in [0.25, 0.3) is 5.91 Å². The van der Waals surface area contributed by atoms with E-state index in [2.05, 4.69) is 15.3 Å². The number of aromatic amines is 1. The third-order valence-corrected chi connectivity index (χ3v) is 6.62. The smallest absolute Gasteiger partial charge is 0.267 e. The number of hydrogen-bond donors (Lipinski definition) is 2. The Morgan fingerprint density at radius 2 is 1.79 bits per heavy atom. The van der Waals surface area contributed by atoms with Crippen molar-refractivity contribution in [1.29, 1.82) is 0 Å². The number of aromatic nitrogens is 2. The molecule has 0 aliphatic rings. The lowest BCUT2D eigenvalue weighted by atomic mass is 10.2. The average Bonchev–Trinajstić information content (AvgIpc) is 3.31. The lowest BCUT2D eigenvalue weighted by molar-refractivity contribution is 0.103. The third kappa shape index (κ3) is 3.27. The molecule has 2 aromatic heterocycles. The Kier molecular flexibility index (Phi) is 4.51. The van der Waals surface area contributed by atoms with E-state index >= 15 is 0 Å². The first kappa shape index (κ1) is 18.2. The predicted octanol–water partition coefficient (Wildman–Crippen LogP) is 7.00. The highest BCUT2D eigenvalue weighted by Gasteiger charge is 2.18. The molecule has 4 nitrogen and oxygen atoms in total. The van der Waals surface area contributed by atoms with E-state index in [0.29, 0.717) is 26.4 Å². The van der Waals surface area contributed by atoms with Gasteiger partial charge in [-0.2, -0.15) is 0 Å². The minimum atomic E-state index is -0.292. The monoisotopic (exact) mass is 437 g/mol. The Morgan fingerprint density at radius 1 is 1.00 bits per heavy atom. The van der Waals surface area contributed by atoms with Crippen LogP contribution in [0.15, 0.2) is 66.7 Å². The van der Waals surface area contributed by atoms with Crippen LogP contribution >= 0.6 is 34.5 Å². The topological polar surface area (TPSA) is 57.8 Å². The number of nitrogens with one attached hydrogen (secondary N) is 2. The summed E-state index contributed by atoms with van der Waals surface area (Å²) in [7, 11) is 0. The maximum absolute atomic E-state index is 12.9. The highest BCUT2D eigenvalue weighted by molar-refractivity contribution is 7.21. The second kappa shape index (κ2) is 7.19. The highest BCUT2D eigenvalue weighted by atomic mass is 35.5. The Balaban J connectivity index is 1.50. The Morgan fingerprint density at radius 3 is 2.62 bits per heavy atom. The van der Waals surface area contributed by atoms with Crippen LogP contribution in [0.25, 0.3) is 32.5 Å². The number of benzene rings is 3. The second-order valence-corrected chi connectivity index (χ2v) is 8.33. The number of carbonyl (C=O) groups excluding carboxylic acids is 1. The zero-order valence-corrected chi connectivity index (χ0v) is 17.2. The molecule has 0 spiro atoms. The molecule has 0 atom stereocenters. The number of hydrogen-bond acceptors (Lipinski definition) is 3. The second-order valence-electron chi connectivity index (χ2n) is 6.49. The first-order valence-corrected chi connectivity index (χ1v) is 10.4. The van der Waals surface area contributed by atoms with E-state index in [1.807, 2.05) is 54.6 Å². The fraction of sp³-hybridized carbons (Fsp3) is 0. The molecule has 1 amide bonds. The molecule has 0 aliphatic carbocycles. The van der Waals surface area contributed by atoms with Gasteiger partial charge in [-0.05, 0) is 36.4 Å². The van der Waals surface area contributed by atoms with Crippen molar-refractivity contribution in [3.05, 3.63) is 81.7 Å². The first-order valence-electron chi connectivity index (χ1n) is 8.83. The zero-order valence-electron chi connectivity index (χ0n) is 14.9. The molecular formula is C22H13Cl2N3OS. The molecule has 2 N–H and O–H groups in total. The number of amides is 1. The summed E-state index contributed by atoms with van der Waals surface area (Å²) in [5, 5.41) is 4.64. The number of nitrogens with zero attached hydrogens (tertiary/aromatic N) is 1. The first-order chi connectivity index (χ1) is 14.1. The minimum absolute atomic E-state index is 0.292. The van der Waals surface area contributed by atoms with Crippen LogP contribution < -0.4 is 5.32 Å². The average molecular weight is 438 g/mol. The summed E-state index contributed by atoms with van der Waals surface area (Å²) in [5.41, 5.74) is 3.15. The van der Waals surface area contributed by atoms with Crippen LogP contribution in [0, 0.1) is 0 Å². The number of anilines is 1. The Hall–Kier alpha value is -2.86. The number of imidazole rings is 1. The van der Waals surface area contributed by atoms with Crippen LogP contribution in [-0.2, 0) is 0 Å². The molecule has 3 aromatic carbocycles. The number of halogens is 2. The summed E-state index contributed by atoms with van der Waals surface area (Å²) in [6.07, 6.45) is 0. The predicted molar refractivity (Wildman–Crippen MR) is 121 cm³/mol. The molecule has 0 radical (unpaired) electrons. The van der Waals surface area contributed by atoms with E-state index in [4.69, 9.17) is 23.2 Å². The fourth-order valence-corrected chi connectivity index (χ4v) is 4.77. The van der Waals surface area contributed by atoms with E-state index < -0.39 is 0 Å². The van der Waals surface area contributed by atoms with Crippen molar-refractivity contribution in [2.24, 2.45) is 0 Å². The molecule has 0 saturated heterocycles. The van der Waals surface area contributed by atoms with Crippen molar-refractivity contribution < 1.29 is 4.79 Å². The molecule has 0 aliphatic heterocycles. The van der Waals surface area contributed by atoms with Crippen molar-refractivity contribution in [2.45, 2.75) is 0 Å². The quantitative estimate of drug-likeness (QED) is 0.319. The SMILES string of the molecule is O=C(Nc1cc(-c2nc3ccccc3[nH]2)ccc1Cl)c1sc2ccccc2c1Cl. The molecule has 5 aromatic rings. The Labute approximate surface area is 180 Å². The van der Waals surface area contributed by atoms with Crippen LogP contribution in [0.1, 0.15) is 9.67 Å². The maximum Gasteiger partial charge on any atom is 0.267 e. The molecule has 0 saturated carbocycles. The standard InChI is InChI=1S/C22H13Cl2N3OS/c23-14-10-9-12(21-25-15-6-2-3-7-16(15)26-21)11-17(14)27-22(28)20-19(24)13-5-1-4-8-18(13)29-20/h1-11H,(H,25,26)(H,27,28). The van der Waals surface area contributed by atoms with Gasteiger partial charge in [-0.25, -0.2) is 4.98 Å². The van der Waals surface area contributed by atoms with Gasteiger partial charge in [0.1, 0.15) is 10.7 Å². The van der Waals surface area contributed by atoms with Crippen molar-refractivity contribution in [1.82, 2.24) is 9.97 Å². The van der Waals surface area contributed by atoms with Gasteiger partial charge in [0.15, 0.2) is 0 Å². The molecule has 2 heterocycles. The number of para-hydroxylation sites is 2. The highest BCUT2D eigenvalue weighted by Crippen LogP contribution is 2.36. The summed E-state index contributed by atoms with van der Waals surface area (Å²) in [5.74, 6) is 0.415. The molecule has 0 unspecified atom stereocenters. The van der Waals surface area contributed by atoms with E-state index in [1.54, 1.807) is 12.1 Å². The molecule has 5 rings (SSSR count). The van der Waals surface area contributed by atoms with Gasteiger partial charge < -0.3 is 10.3 Å². The molecule has 7 heteroatoms. The van der Waals surface area contributed by atoms with Gasteiger partial charge in [-0.1, -0.05) is 53.5 Å². The number of H-pyrrole nitrogens is 1. The van der Waals surface area contributed by atoms with Crippen LogP contribution in [0.2, 0.25) is 10.0 Å². The van der Waals surface area contributed by atoms with Crippen LogP contribution in [0.3, 0.4) is 0 Å². The number of thiophene rings is 1. The third-order valence-electron chi connectivity index (χ3n) is 4.62. The van der Waals surface area contributed by atoms with Gasteiger partial charge in [-0.3, -0.25) is 4.79 Å². The lowest BCUT2D eigenvalue weighted by Crippen LogP contribution is -2.11. The normalized spacial score (nSPS) is 11.2. The summed E-state index contributed by atoms with van der Waals surface area (Å²) in [6, 6.07) is 20.9. The van der Waals surface area contributed by atoms with Crippen LogP contribution in [0.5, 0.6) is 0 Å². The largest absolute Gasteiger partial charge is 0.338 e. The lowest BCUT2D eigenvalue weighted by Gasteiger charge is -2.08. The van der Waals surface area contributed by atoms with Crippen LogP contribution in [0.4, 0.5) is 5.69 Å². The molecular weight excluding hydrogens is 425 g/mol. The molecule has 29 heavy (non-hydrogen) atoms. The summed E-state index contributed by atoms with van der Waals surface area (Å²) >= 11 is 14.1. The van der Waals surface area contributed by atoms with E-state index in [9.17, 15) is 4.79 Å². The van der Waals surface area contributed by atoms with Gasteiger partial charge in [0.2, 0.25) is 0 Å². The maximum atomic E-state index is 12.9. The number of fused-ring (bicyclic) bond motifs is 2. The van der Waals surface area contributed by atoms with Gasteiger partial charge in [0, 0.05) is 15.6 Å². The zero-order chi connectivity index (χ0) is 20.0. The molecule has 142 valence electrons. The van der Waals surface area contributed by atoms with Crippen molar-refractivity contribution in [2.75, 3.05) is 5.32 Å². The number of rotatable bonds is 3. The fourth-order valence-electron chi connectivity index (χ4n) is 3.20.